The van der Waals surface area contributed by atoms with Crippen molar-refractivity contribution in [2.24, 2.45) is 5.41 Å². The second-order valence-electron chi connectivity index (χ2n) is 6.22. The molecule has 0 atom stereocenters. The first kappa shape index (κ1) is 17.1. The van der Waals surface area contributed by atoms with Crippen molar-refractivity contribution < 1.29 is 0 Å². The lowest BCUT2D eigenvalue weighted by Gasteiger charge is -2.31. The van der Waals surface area contributed by atoms with Gasteiger partial charge in [-0.05, 0) is 18.3 Å². The van der Waals surface area contributed by atoms with Crippen molar-refractivity contribution in [3.05, 3.63) is 11.8 Å². The average molecular weight is 279 g/mol. The number of rotatable bonds is 11. The molecule has 0 amide bonds. The van der Waals surface area contributed by atoms with Crippen molar-refractivity contribution in [2.45, 2.75) is 85.0 Å². The van der Waals surface area contributed by atoms with Gasteiger partial charge in [-0.15, -0.1) is 0 Å². The Kier molecular flexibility index (Phi) is 7.71. The van der Waals surface area contributed by atoms with E-state index in [2.05, 4.69) is 31.0 Å². The van der Waals surface area contributed by atoms with Crippen molar-refractivity contribution in [3.63, 3.8) is 0 Å². The number of hydrogen-bond donors (Lipinski definition) is 2. The SMILES string of the molecule is CCCCCCCCC(CC)(CC)Cc1cc(N)n[nH]1. The summed E-state index contributed by atoms with van der Waals surface area (Å²) in [6, 6.07) is 1.99. The first-order chi connectivity index (χ1) is 9.65. The van der Waals surface area contributed by atoms with Crippen LogP contribution in [0.2, 0.25) is 0 Å². The van der Waals surface area contributed by atoms with Gasteiger partial charge in [0.05, 0.1) is 0 Å². The Morgan fingerprint density at radius 1 is 1.05 bits per heavy atom. The Labute approximate surface area is 124 Å². The number of nitrogens with two attached hydrogens (primary N) is 1. The highest BCUT2D eigenvalue weighted by Crippen LogP contribution is 2.36. The molecule has 0 spiro atoms. The van der Waals surface area contributed by atoms with Gasteiger partial charge in [-0.1, -0.05) is 72.1 Å². The lowest BCUT2D eigenvalue weighted by Crippen LogP contribution is -2.22. The highest BCUT2D eigenvalue weighted by Gasteiger charge is 2.26. The Bertz CT molecular complexity index is 353. The van der Waals surface area contributed by atoms with Crippen LogP contribution in [0, 0.1) is 5.41 Å². The van der Waals surface area contributed by atoms with Crippen LogP contribution >= 0.6 is 0 Å². The minimum Gasteiger partial charge on any atom is -0.382 e. The molecule has 1 rings (SSSR count). The van der Waals surface area contributed by atoms with Crippen LogP contribution in [0.3, 0.4) is 0 Å². The van der Waals surface area contributed by atoms with Gasteiger partial charge in [0.15, 0.2) is 0 Å². The molecule has 1 aromatic heterocycles. The molecule has 1 heterocycles. The Balaban J connectivity index is 2.41. The molecule has 0 aliphatic rings. The first-order valence-corrected chi connectivity index (χ1v) is 8.45. The molecular formula is C17H33N3. The van der Waals surface area contributed by atoms with Gasteiger partial charge < -0.3 is 5.73 Å². The van der Waals surface area contributed by atoms with E-state index in [1.807, 2.05) is 6.07 Å². The minimum absolute atomic E-state index is 0.420. The largest absolute Gasteiger partial charge is 0.382 e. The summed E-state index contributed by atoms with van der Waals surface area (Å²) in [7, 11) is 0. The van der Waals surface area contributed by atoms with Gasteiger partial charge in [0.1, 0.15) is 5.82 Å². The van der Waals surface area contributed by atoms with E-state index in [1.165, 1.54) is 63.5 Å². The summed E-state index contributed by atoms with van der Waals surface area (Å²) in [5, 5.41) is 7.12. The third kappa shape index (κ3) is 5.56. The topological polar surface area (TPSA) is 54.7 Å². The average Bonchev–Trinajstić information content (AvgIpc) is 2.86. The van der Waals surface area contributed by atoms with Crippen LogP contribution < -0.4 is 5.73 Å². The van der Waals surface area contributed by atoms with E-state index < -0.39 is 0 Å². The molecule has 0 aromatic carbocycles. The summed E-state index contributed by atoms with van der Waals surface area (Å²) in [6.45, 7) is 6.91. The van der Waals surface area contributed by atoms with E-state index >= 15 is 0 Å². The fourth-order valence-corrected chi connectivity index (χ4v) is 3.10. The number of H-pyrrole nitrogens is 1. The van der Waals surface area contributed by atoms with Gasteiger partial charge in [-0.25, -0.2) is 0 Å². The molecule has 3 nitrogen and oxygen atoms in total. The van der Waals surface area contributed by atoms with Gasteiger partial charge in [-0.3, -0.25) is 5.10 Å². The highest BCUT2D eigenvalue weighted by atomic mass is 15.2. The Morgan fingerprint density at radius 2 is 1.70 bits per heavy atom. The second-order valence-corrected chi connectivity index (χ2v) is 6.22. The normalized spacial score (nSPS) is 11.9. The van der Waals surface area contributed by atoms with Crippen LogP contribution in [0.15, 0.2) is 6.07 Å². The molecule has 0 unspecified atom stereocenters. The maximum absolute atomic E-state index is 5.71. The fraction of sp³-hybridized carbons (Fsp3) is 0.824. The summed E-state index contributed by atoms with van der Waals surface area (Å²) in [5.41, 5.74) is 7.32. The van der Waals surface area contributed by atoms with E-state index in [0.717, 1.165) is 6.42 Å². The molecule has 20 heavy (non-hydrogen) atoms. The molecule has 3 heteroatoms. The number of nitrogens with one attached hydrogen (secondary N) is 1. The fourth-order valence-electron chi connectivity index (χ4n) is 3.10. The summed E-state index contributed by atoms with van der Waals surface area (Å²) < 4.78 is 0. The van der Waals surface area contributed by atoms with Crippen molar-refractivity contribution >= 4 is 5.82 Å². The molecule has 0 radical (unpaired) electrons. The third-order valence-corrected chi connectivity index (χ3v) is 4.78. The molecule has 116 valence electrons. The predicted molar refractivity (Wildman–Crippen MR) is 87.7 cm³/mol. The molecule has 3 N–H and O–H groups in total. The lowest BCUT2D eigenvalue weighted by atomic mass is 9.74. The lowest BCUT2D eigenvalue weighted by molar-refractivity contribution is 0.225. The van der Waals surface area contributed by atoms with Crippen molar-refractivity contribution in [3.8, 4) is 0 Å². The smallest absolute Gasteiger partial charge is 0.145 e. The maximum Gasteiger partial charge on any atom is 0.145 e. The van der Waals surface area contributed by atoms with Gasteiger partial charge in [0.25, 0.3) is 0 Å². The monoisotopic (exact) mass is 279 g/mol. The van der Waals surface area contributed by atoms with Gasteiger partial charge in [0, 0.05) is 11.8 Å². The molecule has 0 fully saturated rings. The van der Waals surface area contributed by atoms with Crippen LogP contribution in [-0.4, -0.2) is 10.2 Å². The second kappa shape index (κ2) is 9.04. The summed E-state index contributed by atoms with van der Waals surface area (Å²) in [4.78, 5) is 0. The van der Waals surface area contributed by atoms with Crippen molar-refractivity contribution in [2.75, 3.05) is 5.73 Å². The molecule has 0 aliphatic heterocycles. The number of aromatic amines is 1. The van der Waals surface area contributed by atoms with Crippen LogP contribution in [0.1, 0.15) is 84.3 Å². The number of anilines is 1. The molecule has 0 saturated heterocycles. The van der Waals surface area contributed by atoms with E-state index in [9.17, 15) is 0 Å². The molecule has 0 bridgehead atoms. The number of aromatic nitrogens is 2. The predicted octanol–water partition coefficient (Wildman–Crippen LogP) is 5.09. The van der Waals surface area contributed by atoms with E-state index in [1.54, 1.807) is 0 Å². The number of hydrogen-bond acceptors (Lipinski definition) is 2. The quantitative estimate of drug-likeness (QED) is 0.554. The summed E-state index contributed by atoms with van der Waals surface area (Å²) in [6.07, 6.45) is 13.1. The molecule has 0 saturated carbocycles. The zero-order chi connectivity index (χ0) is 14.8. The van der Waals surface area contributed by atoms with E-state index in [0.29, 0.717) is 11.2 Å². The highest BCUT2D eigenvalue weighted by molar-refractivity contribution is 5.28. The van der Waals surface area contributed by atoms with Crippen molar-refractivity contribution in [1.29, 1.82) is 0 Å². The zero-order valence-electron chi connectivity index (χ0n) is 13.7. The molecule has 0 aliphatic carbocycles. The van der Waals surface area contributed by atoms with Gasteiger partial charge in [-0.2, -0.15) is 5.10 Å². The van der Waals surface area contributed by atoms with Crippen LogP contribution in [-0.2, 0) is 6.42 Å². The zero-order valence-corrected chi connectivity index (χ0v) is 13.7. The maximum atomic E-state index is 5.71. The summed E-state index contributed by atoms with van der Waals surface area (Å²) >= 11 is 0. The Hall–Kier alpha value is -0.990. The van der Waals surface area contributed by atoms with Crippen LogP contribution in [0.25, 0.3) is 0 Å². The first-order valence-electron chi connectivity index (χ1n) is 8.45. The van der Waals surface area contributed by atoms with E-state index in [4.69, 9.17) is 5.73 Å². The number of nitrogens with zero attached hydrogens (tertiary/aromatic N) is 1. The molecule has 1 aromatic rings. The van der Waals surface area contributed by atoms with Gasteiger partial charge in [0.2, 0.25) is 0 Å². The van der Waals surface area contributed by atoms with Crippen molar-refractivity contribution in [1.82, 2.24) is 10.2 Å². The number of unbranched alkanes of at least 4 members (excludes halogenated alkanes) is 5. The van der Waals surface area contributed by atoms with E-state index in [-0.39, 0.29) is 0 Å². The van der Waals surface area contributed by atoms with Gasteiger partial charge >= 0.3 is 0 Å². The third-order valence-electron chi connectivity index (χ3n) is 4.78. The summed E-state index contributed by atoms with van der Waals surface area (Å²) in [5.74, 6) is 0.612. The molecular weight excluding hydrogens is 246 g/mol. The van der Waals surface area contributed by atoms with Crippen LogP contribution in [0.4, 0.5) is 5.82 Å². The van der Waals surface area contributed by atoms with Crippen LogP contribution in [0.5, 0.6) is 0 Å². The number of nitrogen functional groups attached to an aromatic ring is 1. The Morgan fingerprint density at radius 3 is 2.25 bits per heavy atom. The minimum atomic E-state index is 0.420. The standard InChI is InChI=1S/C17H33N3/c1-4-7-8-9-10-11-12-17(5-2,6-3)14-15-13-16(18)20-19-15/h13H,4-12,14H2,1-3H3,(H3,18,19,20).